The number of methoxy groups -OCH3 is 1. The highest BCUT2D eigenvalue weighted by Gasteiger charge is 2.91. The van der Waals surface area contributed by atoms with Crippen LogP contribution in [0.15, 0.2) is 22.9 Å². The minimum Gasteiger partial charge on any atom is -0.497 e. The predicted octanol–water partition coefficient (Wildman–Crippen LogP) is 5.41. The molecule has 3 saturated carbocycles. The van der Waals surface area contributed by atoms with Crippen molar-refractivity contribution < 1.29 is 4.74 Å². The number of ether oxygens (including phenoxy) is 1. The number of rotatable bonds is 1. The van der Waals surface area contributed by atoms with E-state index in [4.69, 9.17) is 39.5 Å². The molecule has 0 unspecified atom stereocenters. The number of hydrogen-bond acceptors (Lipinski definition) is 1. The van der Waals surface area contributed by atoms with Crippen LogP contribution in [-0.2, 0) is 4.74 Å². The summed E-state index contributed by atoms with van der Waals surface area (Å²) in [6.45, 7) is 0. The highest BCUT2D eigenvalue weighted by Crippen LogP contribution is 2.92. The van der Waals surface area contributed by atoms with Crippen LogP contribution in [0.2, 0.25) is 0 Å². The molecule has 0 amide bonds. The van der Waals surface area contributed by atoms with E-state index in [2.05, 4.69) is 6.08 Å². The average molecular weight is 334 g/mol. The van der Waals surface area contributed by atoms with Crippen LogP contribution in [0, 0.1) is 22.7 Å². The lowest BCUT2D eigenvalue weighted by Crippen LogP contribution is -2.28. The maximum Gasteiger partial charge on any atom is 0.135 e. The number of halogens is 3. The van der Waals surface area contributed by atoms with Gasteiger partial charge < -0.3 is 4.74 Å². The highest BCUT2D eigenvalue weighted by atomic mass is 35.5. The van der Waals surface area contributed by atoms with Crippen molar-refractivity contribution in [3.8, 4) is 0 Å². The van der Waals surface area contributed by atoms with E-state index in [1.54, 1.807) is 12.6 Å². The molecule has 0 aromatic carbocycles. The van der Waals surface area contributed by atoms with Crippen molar-refractivity contribution in [3.63, 3.8) is 0 Å². The first-order chi connectivity index (χ1) is 9.54. The van der Waals surface area contributed by atoms with Crippen molar-refractivity contribution in [2.45, 2.75) is 42.9 Å². The fourth-order valence-corrected chi connectivity index (χ4v) is 7.14. The normalized spacial score (nSPS) is 50.0. The molecule has 0 spiro atoms. The zero-order valence-electron chi connectivity index (χ0n) is 11.6. The quantitative estimate of drug-likeness (QED) is 0.583. The molecule has 4 heteroatoms. The van der Waals surface area contributed by atoms with E-state index in [0.717, 1.165) is 30.1 Å². The molecule has 0 saturated heterocycles. The van der Waals surface area contributed by atoms with Gasteiger partial charge in [0, 0.05) is 21.9 Å². The van der Waals surface area contributed by atoms with Crippen LogP contribution in [0.5, 0.6) is 0 Å². The van der Waals surface area contributed by atoms with Crippen molar-refractivity contribution in [1.82, 2.24) is 0 Å². The Bertz CT molecular complexity index is 524. The zero-order chi connectivity index (χ0) is 14.2. The maximum atomic E-state index is 6.82. The zero-order valence-corrected chi connectivity index (χ0v) is 13.9. The van der Waals surface area contributed by atoms with Crippen LogP contribution < -0.4 is 0 Å². The summed E-state index contributed by atoms with van der Waals surface area (Å²) in [5.41, 5.74) is 2.60. The molecule has 110 valence electrons. The summed E-state index contributed by atoms with van der Waals surface area (Å²) in [5, 5.41) is 0. The van der Waals surface area contributed by atoms with Crippen LogP contribution in [0.4, 0.5) is 0 Å². The summed E-state index contributed by atoms with van der Waals surface area (Å²) in [4.78, 5) is 0. The molecule has 4 aliphatic rings. The van der Waals surface area contributed by atoms with Gasteiger partial charge in [-0.1, -0.05) is 54.1 Å². The lowest BCUT2D eigenvalue weighted by atomic mass is 9.73. The van der Waals surface area contributed by atoms with E-state index in [1.165, 1.54) is 25.7 Å². The predicted molar refractivity (Wildman–Crippen MR) is 83.0 cm³/mol. The first kappa shape index (κ1) is 13.8. The number of hydrogen-bond donors (Lipinski definition) is 0. The third-order valence-corrected chi connectivity index (χ3v) is 8.09. The second-order valence-electron chi connectivity index (χ2n) is 6.90. The fraction of sp³-hybridized carbons (Fsp3) is 0.750. The Kier molecular flexibility index (Phi) is 2.84. The standard InChI is InChI=1S/C16H19Cl3O/c1-20-13-8-15-12-5-3-2-4-10(12)6-14(15,16(15,18)19)7-11(13)9-17/h8-10,12H,2-7H2,1H3/b11-9+/t10-,12-,14+,15+/m1/s1. The van der Waals surface area contributed by atoms with Gasteiger partial charge in [0.05, 0.1) is 7.11 Å². The molecule has 0 heterocycles. The van der Waals surface area contributed by atoms with E-state index >= 15 is 0 Å². The van der Waals surface area contributed by atoms with E-state index in [9.17, 15) is 0 Å². The van der Waals surface area contributed by atoms with E-state index in [0.29, 0.717) is 5.92 Å². The summed E-state index contributed by atoms with van der Waals surface area (Å²) in [7, 11) is 1.70. The Morgan fingerprint density at radius 3 is 2.75 bits per heavy atom. The molecular formula is C16H19Cl3O. The van der Waals surface area contributed by atoms with Gasteiger partial charge in [0.1, 0.15) is 10.1 Å². The van der Waals surface area contributed by atoms with E-state index in [1.807, 2.05) is 0 Å². The SMILES string of the molecule is COC1=C[C@]23[C@@H]4CCCC[C@@H]4C[C@@]2(C/C1=C\Cl)C3(Cl)Cl. The van der Waals surface area contributed by atoms with Crippen LogP contribution in [0.25, 0.3) is 0 Å². The minimum atomic E-state index is -0.649. The monoisotopic (exact) mass is 332 g/mol. The number of alkyl halides is 2. The molecule has 0 N–H and O–H groups in total. The van der Waals surface area contributed by atoms with Crippen molar-refractivity contribution >= 4 is 34.8 Å². The van der Waals surface area contributed by atoms with Gasteiger partial charge in [-0.2, -0.15) is 0 Å². The molecule has 0 radical (unpaired) electrons. The number of allylic oxidation sites excluding steroid dienone is 2. The van der Waals surface area contributed by atoms with E-state index in [-0.39, 0.29) is 10.8 Å². The Hall–Kier alpha value is 0.150. The van der Waals surface area contributed by atoms with Gasteiger partial charge in [0.2, 0.25) is 0 Å². The molecule has 20 heavy (non-hydrogen) atoms. The van der Waals surface area contributed by atoms with Crippen LogP contribution in [0.3, 0.4) is 0 Å². The Morgan fingerprint density at radius 1 is 1.30 bits per heavy atom. The van der Waals surface area contributed by atoms with Gasteiger partial charge in [-0.25, -0.2) is 0 Å². The van der Waals surface area contributed by atoms with Gasteiger partial charge in [0.15, 0.2) is 0 Å². The van der Waals surface area contributed by atoms with Gasteiger partial charge in [-0.05, 0) is 37.2 Å². The summed E-state index contributed by atoms with van der Waals surface area (Å²) < 4.78 is 4.91. The summed E-state index contributed by atoms with van der Waals surface area (Å²) >= 11 is 19.6. The topological polar surface area (TPSA) is 9.23 Å². The minimum absolute atomic E-state index is 0.00840. The van der Waals surface area contributed by atoms with Crippen molar-refractivity contribution in [2.75, 3.05) is 7.11 Å². The summed E-state index contributed by atoms with van der Waals surface area (Å²) in [6, 6.07) is 0. The number of fused-ring (bicyclic) bond motifs is 1. The van der Waals surface area contributed by atoms with Crippen LogP contribution in [0.1, 0.15) is 38.5 Å². The van der Waals surface area contributed by atoms with Gasteiger partial charge >= 0.3 is 0 Å². The van der Waals surface area contributed by atoms with Crippen molar-refractivity contribution in [3.05, 3.63) is 22.9 Å². The largest absolute Gasteiger partial charge is 0.497 e. The summed E-state index contributed by atoms with van der Waals surface area (Å²) in [6.07, 6.45) is 9.46. The molecule has 3 fully saturated rings. The lowest BCUT2D eigenvalue weighted by molar-refractivity contribution is 0.202. The Balaban J connectivity index is 1.86. The van der Waals surface area contributed by atoms with Gasteiger partial charge in [0.25, 0.3) is 0 Å². The molecule has 0 aliphatic heterocycles. The average Bonchev–Trinajstić information content (AvgIpc) is 2.74. The van der Waals surface area contributed by atoms with E-state index < -0.39 is 4.33 Å². The second kappa shape index (κ2) is 4.12. The van der Waals surface area contributed by atoms with Crippen molar-refractivity contribution in [2.24, 2.45) is 22.7 Å². The molecule has 4 atom stereocenters. The van der Waals surface area contributed by atoms with Crippen LogP contribution in [-0.4, -0.2) is 11.4 Å². The molecular weight excluding hydrogens is 315 g/mol. The highest BCUT2D eigenvalue weighted by molar-refractivity contribution is 6.53. The second-order valence-corrected chi connectivity index (χ2v) is 8.45. The molecule has 1 nitrogen and oxygen atoms in total. The van der Waals surface area contributed by atoms with Gasteiger partial charge in [-0.3, -0.25) is 0 Å². The first-order valence-electron chi connectivity index (χ1n) is 7.48. The Morgan fingerprint density at radius 2 is 2.05 bits per heavy atom. The smallest absolute Gasteiger partial charge is 0.135 e. The first-order valence-corrected chi connectivity index (χ1v) is 8.67. The molecule has 0 aromatic rings. The molecule has 4 rings (SSSR count). The third-order valence-electron chi connectivity index (χ3n) is 6.47. The lowest BCUT2D eigenvalue weighted by Gasteiger charge is -2.34. The fourth-order valence-electron chi connectivity index (χ4n) is 5.70. The van der Waals surface area contributed by atoms with Crippen molar-refractivity contribution in [1.29, 1.82) is 0 Å². The molecule has 4 aliphatic carbocycles. The third kappa shape index (κ3) is 1.26. The Labute approximate surface area is 135 Å². The van der Waals surface area contributed by atoms with Crippen LogP contribution >= 0.6 is 34.8 Å². The molecule has 0 bridgehead atoms. The maximum absolute atomic E-state index is 6.82. The van der Waals surface area contributed by atoms with Gasteiger partial charge in [-0.15, -0.1) is 0 Å². The summed E-state index contributed by atoms with van der Waals surface area (Å²) in [5.74, 6) is 2.27. The molecule has 0 aromatic heterocycles.